The minimum absolute atomic E-state index is 0.108. The largest absolute Gasteiger partial charge is 0.478 e. The fraction of sp³-hybridized carbons (Fsp3) is 0.320. The maximum Gasteiger partial charge on any atom is 0.407 e. The number of esters is 1. The molecule has 0 radical (unpaired) electrons. The Labute approximate surface area is 191 Å². The van der Waals surface area contributed by atoms with E-state index in [1.165, 1.54) is 0 Å². The zero-order valence-electron chi connectivity index (χ0n) is 18.4. The number of hydrogen-bond acceptors (Lipinski definition) is 6. The number of fused-ring (bicyclic) bond motifs is 3. The van der Waals surface area contributed by atoms with Crippen LogP contribution in [0.5, 0.6) is 0 Å². The van der Waals surface area contributed by atoms with E-state index in [-0.39, 0.29) is 18.4 Å². The monoisotopic (exact) mass is 453 g/mol. The van der Waals surface area contributed by atoms with Crippen LogP contribution in [-0.4, -0.2) is 53.6 Å². The Bertz CT molecular complexity index is 1000. The number of carboxylic acids is 1. The number of carbonyl (C=O) groups is 3. The number of rotatable bonds is 9. The molecule has 33 heavy (non-hydrogen) atoms. The molecule has 174 valence electrons. The first-order valence-electron chi connectivity index (χ1n) is 10.6. The van der Waals surface area contributed by atoms with Crippen molar-refractivity contribution in [3.05, 3.63) is 71.8 Å². The SMILES string of the molecule is CC(C)[C@H](NC(=O)OCC1c2ccccc2-c2ccccc21)C(=O)OCC(O)C=CC(=O)O. The summed E-state index contributed by atoms with van der Waals surface area (Å²) in [7, 11) is 0. The lowest BCUT2D eigenvalue weighted by Crippen LogP contribution is -2.46. The van der Waals surface area contributed by atoms with Gasteiger partial charge >= 0.3 is 18.0 Å². The van der Waals surface area contributed by atoms with Gasteiger partial charge in [0.2, 0.25) is 0 Å². The van der Waals surface area contributed by atoms with Gasteiger partial charge < -0.3 is 25.0 Å². The van der Waals surface area contributed by atoms with Crippen molar-refractivity contribution >= 4 is 18.0 Å². The highest BCUT2D eigenvalue weighted by Gasteiger charge is 2.31. The molecule has 0 aromatic heterocycles. The topological polar surface area (TPSA) is 122 Å². The van der Waals surface area contributed by atoms with Crippen LogP contribution in [0, 0.1) is 5.92 Å². The van der Waals surface area contributed by atoms with Crippen LogP contribution >= 0.6 is 0 Å². The summed E-state index contributed by atoms with van der Waals surface area (Å²) in [4.78, 5) is 35.4. The van der Waals surface area contributed by atoms with Crippen LogP contribution in [0.4, 0.5) is 4.79 Å². The van der Waals surface area contributed by atoms with Gasteiger partial charge in [0.1, 0.15) is 25.4 Å². The second-order valence-corrected chi connectivity index (χ2v) is 8.09. The third kappa shape index (κ3) is 5.98. The van der Waals surface area contributed by atoms with Crippen LogP contribution in [0.15, 0.2) is 60.7 Å². The molecule has 0 spiro atoms. The number of ether oxygens (including phenoxy) is 2. The molecule has 2 atom stereocenters. The lowest BCUT2D eigenvalue weighted by molar-refractivity contribution is -0.149. The van der Waals surface area contributed by atoms with Crippen molar-refractivity contribution in [2.75, 3.05) is 13.2 Å². The van der Waals surface area contributed by atoms with E-state index in [1.54, 1.807) is 13.8 Å². The number of aliphatic hydroxyl groups excluding tert-OH is 1. The van der Waals surface area contributed by atoms with E-state index in [1.807, 2.05) is 48.5 Å². The number of amides is 1. The average molecular weight is 453 g/mol. The van der Waals surface area contributed by atoms with E-state index in [0.717, 1.165) is 34.4 Å². The summed E-state index contributed by atoms with van der Waals surface area (Å²) >= 11 is 0. The van der Waals surface area contributed by atoms with Gasteiger partial charge in [0.05, 0.1) is 0 Å². The Hall–Kier alpha value is -3.65. The van der Waals surface area contributed by atoms with Gasteiger partial charge in [-0.3, -0.25) is 0 Å². The van der Waals surface area contributed by atoms with Gasteiger partial charge in [-0.2, -0.15) is 0 Å². The molecule has 3 N–H and O–H groups in total. The highest BCUT2D eigenvalue weighted by Crippen LogP contribution is 2.44. The van der Waals surface area contributed by atoms with Gasteiger partial charge in [-0.05, 0) is 34.2 Å². The number of hydrogen-bond donors (Lipinski definition) is 3. The molecule has 1 aliphatic rings. The highest BCUT2D eigenvalue weighted by atomic mass is 16.6. The summed E-state index contributed by atoms with van der Waals surface area (Å²) in [6, 6.07) is 15.0. The van der Waals surface area contributed by atoms with E-state index in [2.05, 4.69) is 5.32 Å². The molecular formula is C25H27NO7. The van der Waals surface area contributed by atoms with Crippen LogP contribution in [0.25, 0.3) is 11.1 Å². The Morgan fingerprint density at radius 1 is 1.00 bits per heavy atom. The Morgan fingerprint density at radius 3 is 2.12 bits per heavy atom. The minimum atomic E-state index is -1.27. The quantitative estimate of drug-likeness (QED) is 0.394. The molecule has 8 heteroatoms. The van der Waals surface area contributed by atoms with Crippen LogP contribution in [0.3, 0.4) is 0 Å². The first-order valence-corrected chi connectivity index (χ1v) is 10.6. The molecule has 8 nitrogen and oxygen atoms in total. The van der Waals surface area contributed by atoms with Crippen molar-refractivity contribution in [3.63, 3.8) is 0 Å². The van der Waals surface area contributed by atoms with E-state index in [4.69, 9.17) is 14.6 Å². The first-order chi connectivity index (χ1) is 15.8. The van der Waals surface area contributed by atoms with E-state index < -0.39 is 36.8 Å². The van der Waals surface area contributed by atoms with Gasteiger partial charge in [0.15, 0.2) is 0 Å². The number of carbonyl (C=O) groups excluding carboxylic acids is 2. The Morgan fingerprint density at radius 2 is 1.58 bits per heavy atom. The van der Waals surface area contributed by atoms with Gasteiger partial charge in [-0.25, -0.2) is 14.4 Å². The Kier molecular flexibility index (Phi) is 7.84. The number of aliphatic hydroxyl groups is 1. The van der Waals surface area contributed by atoms with Crippen molar-refractivity contribution < 1.29 is 34.1 Å². The molecule has 0 aliphatic heterocycles. The number of nitrogens with one attached hydrogen (secondary N) is 1. The average Bonchev–Trinajstić information content (AvgIpc) is 3.11. The molecule has 3 rings (SSSR count). The highest BCUT2D eigenvalue weighted by molar-refractivity contribution is 5.82. The zero-order valence-corrected chi connectivity index (χ0v) is 18.4. The normalized spacial score (nSPS) is 14.4. The molecule has 1 unspecified atom stereocenters. The van der Waals surface area contributed by atoms with Crippen molar-refractivity contribution in [2.24, 2.45) is 5.92 Å². The smallest absolute Gasteiger partial charge is 0.407 e. The molecule has 0 saturated heterocycles. The molecule has 0 saturated carbocycles. The van der Waals surface area contributed by atoms with Crippen LogP contribution in [0.2, 0.25) is 0 Å². The number of carboxylic acid groups (broad SMARTS) is 1. The number of alkyl carbamates (subject to hydrolysis) is 1. The van der Waals surface area contributed by atoms with Gasteiger partial charge in [-0.1, -0.05) is 62.4 Å². The van der Waals surface area contributed by atoms with Crippen LogP contribution in [-0.2, 0) is 19.1 Å². The summed E-state index contributed by atoms with van der Waals surface area (Å²) < 4.78 is 10.5. The lowest BCUT2D eigenvalue weighted by Gasteiger charge is -2.22. The predicted octanol–water partition coefficient (Wildman–Crippen LogP) is 3.09. The maximum atomic E-state index is 12.5. The molecule has 2 aromatic rings. The molecule has 0 heterocycles. The summed E-state index contributed by atoms with van der Waals surface area (Å²) in [5.74, 6) is -2.38. The van der Waals surface area contributed by atoms with Crippen LogP contribution in [0.1, 0.15) is 30.9 Å². The third-order valence-electron chi connectivity index (χ3n) is 5.39. The second-order valence-electron chi connectivity index (χ2n) is 8.09. The standard InChI is InChI=1S/C25H27NO7/c1-15(2)23(24(30)32-13-16(27)11-12-22(28)29)26-25(31)33-14-21-19-9-5-3-7-17(19)18-8-4-6-10-20(18)21/h3-12,15-16,21,23,27H,13-14H2,1-2H3,(H,26,31)(H,28,29)/t16?,23-/m0/s1. The summed E-state index contributed by atoms with van der Waals surface area (Å²) in [5, 5.41) is 20.8. The first kappa shape index (κ1) is 24.0. The molecular weight excluding hydrogens is 426 g/mol. The maximum absolute atomic E-state index is 12.5. The minimum Gasteiger partial charge on any atom is -0.478 e. The van der Waals surface area contributed by atoms with Crippen molar-refractivity contribution in [2.45, 2.75) is 31.9 Å². The molecule has 0 fully saturated rings. The van der Waals surface area contributed by atoms with Crippen molar-refractivity contribution in [1.82, 2.24) is 5.32 Å². The number of aliphatic carboxylic acids is 1. The molecule has 1 amide bonds. The van der Waals surface area contributed by atoms with E-state index in [9.17, 15) is 19.5 Å². The summed E-state index contributed by atoms with van der Waals surface area (Å²) in [5.41, 5.74) is 4.38. The van der Waals surface area contributed by atoms with E-state index >= 15 is 0 Å². The molecule has 1 aliphatic carbocycles. The predicted molar refractivity (Wildman–Crippen MR) is 121 cm³/mol. The van der Waals surface area contributed by atoms with E-state index in [0.29, 0.717) is 0 Å². The molecule has 2 aromatic carbocycles. The summed E-state index contributed by atoms with van der Waals surface area (Å²) in [6.07, 6.45) is -0.266. The van der Waals surface area contributed by atoms with Crippen molar-refractivity contribution in [3.8, 4) is 11.1 Å². The number of benzene rings is 2. The summed E-state index contributed by atoms with van der Waals surface area (Å²) in [6.45, 7) is 3.14. The third-order valence-corrected chi connectivity index (χ3v) is 5.39. The van der Waals surface area contributed by atoms with Crippen LogP contribution < -0.4 is 5.32 Å². The fourth-order valence-electron chi connectivity index (χ4n) is 3.77. The lowest BCUT2D eigenvalue weighted by atomic mass is 9.98. The van der Waals surface area contributed by atoms with Gasteiger partial charge in [0, 0.05) is 12.0 Å². The fourth-order valence-corrected chi connectivity index (χ4v) is 3.77. The molecule has 0 bridgehead atoms. The van der Waals surface area contributed by atoms with Gasteiger partial charge in [0.25, 0.3) is 0 Å². The Balaban J connectivity index is 1.58. The van der Waals surface area contributed by atoms with Gasteiger partial charge in [-0.15, -0.1) is 0 Å². The second kappa shape index (κ2) is 10.8. The van der Waals surface area contributed by atoms with Crippen molar-refractivity contribution in [1.29, 1.82) is 0 Å². The zero-order chi connectivity index (χ0) is 24.0.